The molecule has 6 N–H and O–H groups in total. The Morgan fingerprint density at radius 2 is 2.16 bits per heavy atom. The molecule has 1 unspecified atom stereocenters. The summed E-state index contributed by atoms with van der Waals surface area (Å²) in [7, 11) is 0. The van der Waals surface area contributed by atoms with Gasteiger partial charge < -0.3 is 21.6 Å². The molecule has 2 heterocycles. The zero-order valence-corrected chi connectivity index (χ0v) is 9.98. The van der Waals surface area contributed by atoms with Crippen molar-refractivity contribution in [3.8, 4) is 0 Å². The molecule has 9 nitrogen and oxygen atoms in total. The number of carbonyl (C=O) groups is 2. The number of aliphatic carboxylic acids is 1. The molecule has 1 amide bonds. The second-order valence-electron chi connectivity index (χ2n) is 3.61. The Bertz CT molecular complexity index is 525. The number of hydrogen-bond acceptors (Lipinski definition) is 6. The molecule has 2 aromatic rings. The molecule has 0 fully saturated rings. The predicted molar refractivity (Wildman–Crippen MR) is 65.7 cm³/mol. The second kappa shape index (κ2) is 7.01. The first-order valence-electron chi connectivity index (χ1n) is 5.36. The molecular formula is C10H14N6O3. The van der Waals surface area contributed by atoms with Crippen LogP contribution in [-0.2, 0) is 9.59 Å². The first kappa shape index (κ1) is 14.5. The van der Waals surface area contributed by atoms with Gasteiger partial charge in [0.2, 0.25) is 5.91 Å². The van der Waals surface area contributed by atoms with E-state index in [1.807, 2.05) is 0 Å². The van der Waals surface area contributed by atoms with Crippen molar-refractivity contribution in [2.24, 2.45) is 11.5 Å². The fourth-order valence-electron chi connectivity index (χ4n) is 1.11. The van der Waals surface area contributed by atoms with Crippen molar-refractivity contribution in [3.05, 3.63) is 18.9 Å². The third kappa shape index (κ3) is 5.08. The number of nitrogens with zero attached hydrogens (tertiary/aromatic N) is 3. The number of H-pyrrole nitrogens is 1. The van der Waals surface area contributed by atoms with Crippen molar-refractivity contribution in [1.29, 1.82) is 0 Å². The quantitative estimate of drug-likeness (QED) is 0.552. The maximum atomic E-state index is 10.1. The van der Waals surface area contributed by atoms with E-state index in [4.69, 9.17) is 16.6 Å². The van der Waals surface area contributed by atoms with Gasteiger partial charge in [-0.1, -0.05) is 0 Å². The SMILES string of the molecule is NC(=O)CCC(N)C(=O)O.c1ncc2[nH]cnc2n1. The number of primary amides is 1. The highest BCUT2D eigenvalue weighted by Crippen LogP contribution is 1.99. The van der Waals surface area contributed by atoms with Crippen LogP contribution in [0.4, 0.5) is 0 Å². The lowest BCUT2D eigenvalue weighted by molar-refractivity contribution is -0.138. The topological polar surface area (TPSA) is 161 Å². The molecule has 0 aromatic carbocycles. The first-order chi connectivity index (χ1) is 9.00. The van der Waals surface area contributed by atoms with Crippen LogP contribution in [0.5, 0.6) is 0 Å². The number of fused-ring (bicyclic) bond motifs is 1. The Morgan fingerprint density at radius 1 is 1.42 bits per heavy atom. The maximum Gasteiger partial charge on any atom is 0.320 e. The lowest BCUT2D eigenvalue weighted by atomic mass is 10.2. The average Bonchev–Trinajstić information content (AvgIpc) is 2.84. The van der Waals surface area contributed by atoms with Crippen LogP contribution in [0.15, 0.2) is 18.9 Å². The summed E-state index contributed by atoms with van der Waals surface area (Å²) in [5, 5.41) is 8.22. The number of imidazole rings is 1. The van der Waals surface area contributed by atoms with Gasteiger partial charge in [0.05, 0.1) is 12.5 Å². The summed E-state index contributed by atoms with van der Waals surface area (Å²) in [5.74, 6) is -1.64. The summed E-state index contributed by atoms with van der Waals surface area (Å²) < 4.78 is 0. The molecule has 0 radical (unpaired) electrons. The number of aromatic nitrogens is 4. The Labute approximate surface area is 108 Å². The van der Waals surface area contributed by atoms with Gasteiger partial charge in [-0.15, -0.1) is 0 Å². The fraction of sp³-hybridized carbons (Fsp3) is 0.300. The van der Waals surface area contributed by atoms with E-state index < -0.39 is 17.9 Å². The average molecular weight is 266 g/mol. The number of carboxylic acids is 1. The highest BCUT2D eigenvalue weighted by atomic mass is 16.4. The Morgan fingerprint density at radius 3 is 2.74 bits per heavy atom. The summed E-state index contributed by atoms with van der Waals surface area (Å²) in [6, 6.07) is -0.979. The number of rotatable bonds is 4. The third-order valence-electron chi connectivity index (χ3n) is 2.12. The number of nitrogens with two attached hydrogens (primary N) is 2. The van der Waals surface area contributed by atoms with Crippen molar-refractivity contribution >= 4 is 23.0 Å². The Hall–Kier alpha value is -2.55. The zero-order chi connectivity index (χ0) is 14.3. The molecule has 0 saturated heterocycles. The molecule has 0 spiro atoms. The van der Waals surface area contributed by atoms with Crippen molar-refractivity contribution in [2.45, 2.75) is 18.9 Å². The van der Waals surface area contributed by atoms with Crippen LogP contribution in [-0.4, -0.2) is 43.0 Å². The van der Waals surface area contributed by atoms with Crippen LogP contribution in [0.3, 0.4) is 0 Å². The van der Waals surface area contributed by atoms with E-state index in [0.717, 1.165) is 5.52 Å². The molecule has 0 saturated carbocycles. The number of carboxylic acid groups (broad SMARTS) is 1. The highest BCUT2D eigenvalue weighted by Gasteiger charge is 2.11. The van der Waals surface area contributed by atoms with Crippen LogP contribution < -0.4 is 11.5 Å². The molecular weight excluding hydrogens is 252 g/mol. The van der Waals surface area contributed by atoms with E-state index in [9.17, 15) is 9.59 Å². The molecule has 102 valence electrons. The molecule has 0 aliphatic heterocycles. The van der Waals surface area contributed by atoms with Crippen LogP contribution >= 0.6 is 0 Å². The van der Waals surface area contributed by atoms with E-state index in [1.165, 1.54) is 6.33 Å². The lowest BCUT2D eigenvalue weighted by Crippen LogP contribution is -2.31. The van der Waals surface area contributed by atoms with Gasteiger partial charge in [0.25, 0.3) is 0 Å². The Kier molecular flexibility index (Phi) is 5.35. The van der Waals surface area contributed by atoms with Crippen LogP contribution in [0.25, 0.3) is 11.2 Å². The predicted octanol–water partition coefficient (Wildman–Crippen LogP) is -0.983. The van der Waals surface area contributed by atoms with Gasteiger partial charge in [0.15, 0.2) is 5.65 Å². The Balaban J connectivity index is 0.000000190. The van der Waals surface area contributed by atoms with E-state index in [-0.39, 0.29) is 12.8 Å². The maximum absolute atomic E-state index is 10.1. The minimum absolute atomic E-state index is 0.0213. The van der Waals surface area contributed by atoms with Crippen molar-refractivity contribution in [2.75, 3.05) is 0 Å². The first-order valence-corrected chi connectivity index (χ1v) is 5.36. The van der Waals surface area contributed by atoms with E-state index >= 15 is 0 Å². The van der Waals surface area contributed by atoms with Gasteiger partial charge in [0, 0.05) is 6.42 Å². The van der Waals surface area contributed by atoms with Crippen LogP contribution in [0.1, 0.15) is 12.8 Å². The fourth-order valence-corrected chi connectivity index (χ4v) is 1.11. The highest BCUT2D eigenvalue weighted by molar-refractivity contribution is 5.77. The molecule has 1 atom stereocenters. The number of aromatic amines is 1. The normalized spacial score (nSPS) is 11.4. The summed E-state index contributed by atoms with van der Waals surface area (Å²) in [6.45, 7) is 0. The van der Waals surface area contributed by atoms with E-state index in [0.29, 0.717) is 5.65 Å². The molecule has 19 heavy (non-hydrogen) atoms. The van der Waals surface area contributed by atoms with Gasteiger partial charge in [-0.2, -0.15) is 0 Å². The molecule has 2 aromatic heterocycles. The number of nitrogens with one attached hydrogen (secondary N) is 1. The number of amides is 1. The van der Waals surface area contributed by atoms with Crippen molar-refractivity contribution in [1.82, 2.24) is 19.9 Å². The van der Waals surface area contributed by atoms with Crippen molar-refractivity contribution in [3.63, 3.8) is 0 Å². The molecule has 0 aliphatic carbocycles. The van der Waals surface area contributed by atoms with Gasteiger partial charge in [-0.05, 0) is 6.42 Å². The lowest BCUT2D eigenvalue weighted by Gasteiger charge is -2.01. The smallest absolute Gasteiger partial charge is 0.320 e. The molecule has 0 aliphatic rings. The van der Waals surface area contributed by atoms with Crippen molar-refractivity contribution < 1.29 is 14.7 Å². The van der Waals surface area contributed by atoms with Crippen LogP contribution in [0, 0.1) is 0 Å². The molecule has 2 rings (SSSR count). The molecule has 0 bridgehead atoms. The summed E-state index contributed by atoms with van der Waals surface area (Å²) >= 11 is 0. The summed E-state index contributed by atoms with van der Waals surface area (Å²) in [6.07, 6.45) is 4.88. The summed E-state index contributed by atoms with van der Waals surface area (Å²) in [5.41, 5.74) is 11.4. The van der Waals surface area contributed by atoms with Gasteiger partial charge in [0.1, 0.15) is 17.9 Å². The minimum Gasteiger partial charge on any atom is -0.480 e. The van der Waals surface area contributed by atoms with Gasteiger partial charge in [-0.3, -0.25) is 9.59 Å². The molecule has 9 heteroatoms. The largest absolute Gasteiger partial charge is 0.480 e. The number of carbonyl (C=O) groups excluding carboxylic acids is 1. The van der Waals surface area contributed by atoms with Gasteiger partial charge in [-0.25, -0.2) is 15.0 Å². The minimum atomic E-state index is -1.11. The van der Waals surface area contributed by atoms with E-state index in [2.05, 4.69) is 19.9 Å². The monoisotopic (exact) mass is 266 g/mol. The summed E-state index contributed by atoms with van der Waals surface area (Å²) in [4.78, 5) is 34.6. The zero-order valence-electron chi connectivity index (χ0n) is 9.98. The van der Waals surface area contributed by atoms with Crippen LogP contribution in [0.2, 0.25) is 0 Å². The van der Waals surface area contributed by atoms with Gasteiger partial charge >= 0.3 is 5.97 Å². The standard InChI is InChI=1S/C5H4N4.C5H10N2O3/c1-4-5(8-2-6-1)9-3-7-4;6-3(5(9)10)1-2-4(7)8/h1-3H,(H,6,7,8,9);3H,1-2,6H2,(H2,7,8)(H,9,10). The third-order valence-corrected chi connectivity index (χ3v) is 2.12. The second-order valence-corrected chi connectivity index (χ2v) is 3.61. The van der Waals surface area contributed by atoms with E-state index in [1.54, 1.807) is 12.5 Å². The number of hydrogen-bond donors (Lipinski definition) is 4.